The molecule has 1 aromatic rings. The van der Waals surface area contributed by atoms with Gasteiger partial charge in [-0.15, -0.1) is 0 Å². The predicted molar refractivity (Wildman–Crippen MR) is 76.5 cm³/mol. The first-order valence-electron chi connectivity index (χ1n) is 7.39. The summed E-state index contributed by atoms with van der Waals surface area (Å²) in [5.41, 5.74) is 1.77. The molecule has 0 radical (unpaired) electrons. The Balaban J connectivity index is 2.31. The minimum Gasteiger partial charge on any atom is -0.388 e. The van der Waals surface area contributed by atoms with E-state index in [-0.39, 0.29) is 11.2 Å². The van der Waals surface area contributed by atoms with E-state index in [9.17, 15) is 9.50 Å². The highest BCUT2D eigenvalue weighted by Crippen LogP contribution is 2.52. The molecular weight excluding hydrogens is 239 g/mol. The van der Waals surface area contributed by atoms with Gasteiger partial charge in [-0.3, -0.25) is 0 Å². The summed E-state index contributed by atoms with van der Waals surface area (Å²) in [5.74, 6) is 0.353. The monoisotopic (exact) mass is 264 g/mol. The lowest BCUT2D eigenvalue weighted by Crippen LogP contribution is -2.28. The van der Waals surface area contributed by atoms with E-state index in [0.29, 0.717) is 5.92 Å². The van der Waals surface area contributed by atoms with Crippen LogP contribution in [0, 0.1) is 24.1 Å². The van der Waals surface area contributed by atoms with Gasteiger partial charge in [0, 0.05) is 5.41 Å². The Labute approximate surface area is 115 Å². The van der Waals surface area contributed by atoms with Gasteiger partial charge >= 0.3 is 0 Å². The Bertz CT molecular complexity index is 433. The van der Waals surface area contributed by atoms with Crippen molar-refractivity contribution < 1.29 is 9.50 Å². The standard InChI is InChI=1S/C17H25FO/c1-12(2)11-17(8-4-5-9-17)16(19)15-7-6-14(18)10-13(15)3/h6-7,10,12,16,19H,4-5,8-9,11H2,1-3H3. The van der Waals surface area contributed by atoms with Crippen molar-refractivity contribution in [3.05, 3.63) is 35.1 Å². The van der Waals surface area contributed by atoms with E-state index in [1.165, 1.54) is 25.0 Å². The molecule has 0 saturated heterocycles. The molecule has 0 heterocycles. The lowest BCUT2D eigenvalue weighted by atomic mass is 9.71. The Kier molecular flexibility index (Phi) is 4.29. The first kappa shape index (κ1) is 14.5. The summed E-state index contributed by atoms with van der Waals surface area (Å²) in [4.78, 5) is 0. The molecule has 19 heavy (non-hydrogen) atoms. The highest BCUT2D eigenvalue weighted by molar-refractivity contribution is 5.30. The van der Waals surface area contributed by atoms with Crippen molar-refractivity contribution in [3.8, 4) is 0 Å². The minimum atomic E-state index is -0.460. The van der Waals surface area contributed by atoms with Gasteiger partial charge in [0.1, 0.15) is 5.82 Å². The van der Waals surface area contributed by atoms with Crippen LogP contribution in [0.2, 0.25) is 0 Å². The van der Waals surface area contributed by atoms with Gasteiger partial charge in [-0.05, 0) is 55.4 Å². The van der Waals surface area contributed by atoms with Crippen molar-refractivity contribution >= 4 is 0 Å². The molecule has 1 fully saturated rings. The molecule has 2 rings (SSSR count). The summed E-state index contributed by atoms with van der Waals surface area (Å²) >= 11 is 0. The summed E-state index contributed by atoms with van der Waals surface area (Å²) in [7, 11) is 0. The summed E-state index contributed by atoms with van der Waals surface area (Å²) in [6, 6.07) is 4.75. The Morgan fingerprint density at radius 2 is 1.89 bits per heavy atom. The van der Waals surface area contributed by atoms with Gasteiger partial charge in [0.05, 0.1) is 6.10 Å². The molecule has 0 aliphatic heterocycles. The van der Waals surface area contributed by atoms with Crippen molar-refractivity contribution in [2.75, 3.05) is 0 Å². The highest BCUT2D eigenvalue weighted by Gasteiger charge is 2.41. The summed E-state index contributed by atoms with van der Waals surface area (Å²) < 4.78 is 13.2. The zero-order valence-electron chi connectivity index (χ0n) is 12.2. The van der Waals surface area contributed by atoms with Gasteiger partial charge < -0.3 is 5.11 Å². The zero-order valence-corrected chi connectivity index (χ0v) is 12.2. The van der Waals surface area contributed by atoms with Crippen molar-refractivity contribution in [3.63, 3.8) is 0 Å². The summed E-state index contributed by atoms with van der Waals surface area (Å²) in [6.07, 6.45) is 5.16. The van der Waals surface area contributed by atoms with E-state index < -0.39 is 6.10 Å². The lowest BCUT2D eigenvalue weighted by Gasteiger charge is -2.37. The fourth-order valence-electron chi connectivity index (χ4n) is 3.76. The van der Waals surface area contributed by atoms with E-state index in [0.717, 1.165) is 30.4 Å². The maximum absolute atomic E-state index is 13.2. The first-order valence-corrected chi connectivity index (χ1v) is 7.39. The number of aliphatic hydroxyl groups excluding tert-OH is 1. The van der Waals surface area contributed by atoms with Gasteiger partial charge in [0.25, 0.3) is 0 Å². The molecule has 0 spiro atoms. The second kappa shape index (κ2) is 5.62. The highest BCUT2D eigenvalue weighted by atomic mass is 19.1. The third-order valence-electron chi connectivity index (χ3n) is 4.52. The second-order valence-electron chi connectivity index (χ2n) is 6.57. The Morgan fingerprint density at radius 1 is 1.26 bits per heavy atom. The molecule has 1 aliphatic carbocycles. The zero-order chi connectivity index (χ0) is 14.0. The molecule has 0 aromatic heterocycles. The first-order chi connectivity index (χ1) is 8.94. The number of aryl methyl sites for hydroxylation is 1. The number of halogens is 1. The van der Waals surface area contributed by atoms with E-state index in [1.54, 1.807) is 6.07 Å². The average Bonchev–Trinajstić information content (AvgIpc) is 2.77. The molecule has 1 N–H and O–H groups in total. The van der Waals surface area contributed by atoms with Crippen LogP contribution in [0.5, 0.6) is 0 Å². The minimum absolute atomic E-state index is 0.00322. The van der Waals surface area contributed by atoms with E-state index >= 15 is 0 Å². The molecule has 1 atom stereocenters. The van der Waals surface area contributed by atoms with Crippen molar-refractivity contribution in [2.45, 2.75) is 59.0 Å². The number of aliphatic hydroxyl groups is 1. The largest absolute Gasteiger partial charge is 0.388 e. The molecule has 2 heteroatoms. The molecule has 1 saturated carbocycles. The Hall–Kier alpha value is -0.890. The SMILES string of the molecule is Cc1cc(F)ccc1C(O)C1(CC(C)C)CCCC1. The number of hydrogen-bond donors (Lipinski definition) is 1. The fraction of sp³-hybridized carbons (Fsp3) is 0.647. The van der Waals surface area contributed by atoms with E-state index in [4.69, 9.17) is 0 Å². The molecule has 1 aliphatic rings. The van der Waals surface area contributed by atoms with Crippen LogP contribution in [0.1, 0.15) is 63.2 Å². The van der Waals surface area contributed by atoms with Crippen LogP contribution < -0.4 is 0 Å². The third kappa shape index (κ3) is 3.00. The van der Waals surface area contributed by atoms with Gasteiger partial charge in [-0.2, -0.15) is 0 Å². The fourth-order valence-corrected chi connectivity index (χ4v) is 3.76. The molecule has 0 bridgehead atoms. The van der Waals surface area contributed by atoms with E-state index in [1.807, 2.05) is 6.92 Å². The van der Waals surface area contributed by atoms with Crippen molar-refractivity contribution in [2.24, 2.45) is 11.3 Å². The van der Waals surface area contributed by atoms with Crippen molar-refractivity contribution in [1.82, 2.24) is 0 Å². The molecular formula is C17H25FO. The van der Waals surface area contributed by atoms with Crippen LogP contribution in [0.15, 0.2) is 18.2 Å². The van der Waals surface area contributed by atoms with E-state index in [2.05, 4.69) is 13.8 Å². The summed E-state index contributed by atoms with van der Waals surface area (Å²) in [5, 5.41) is 10.9. The quantitative estimate of drug-likeness (QED) is 0.830. The number of hydrogen-bond acceptors (Lipinski definition) is 1. The summed E-state index contributed by atoms with van der Waals surface area (Å²) in [6.45, 7) is 6.31. The number of benzene rings is 1. The molecule has 1 aromatic carbocycles. The van der Waals surface area contributed by atoms with Gasteiger partial charge in [0.2, 0.25) is 0 Å². The van der Waals surface area contributed by atoms with Gasteiger partial charge in [-0.25, -0.2) is 4.39 Å². The lowest BCUT2D eigenvalue weighted by molar-refractivity contribution is 0.0107. The second-order valence-corrected chi connectivity index (χ2v) is 6.57. The number of rotatable bonds is 4. The molecule has 1 unspecified atom stereocenters. The van der Waals surface area contributed by atoms with Crippen LogP contribution in [0.3, 0.4) is 0 Å². The van der Waals surface area contributed by atoms with Crippen LogP contribution >= 0.6 is 0 Å². The maximum atomic E-state index is 13.2. The van der Waals surface area contributed by atoms with Crippen LogP contribution in [0.4, 0.5) is 4.39 Å². The Morgan fingerprint density at radius 3 is 2.42 bits per heavy atom. The molecule has 1 nitrogen and oxygen atoms in total. The molecule has 0 amide bonds. The average molecular weight is 264 g/mol. The van der Waals surface area contributed by atoms with Crippen LogP contribution in [0.25, 0.3) is 0 Å². The topological polar surface area (TPSA) is 20.2 Å². The smallest absolute Gasteiger partial charge is 0.123 e. The normalized spacial score (nSPS) is 19.9. The van der Waals surface area contributed by atoms with Crippen LogP contribution in [-0.4, -0.2) is 5.11 Å². The molecule has 106 valence electrons. The van der Waals surface area contributed by atoms with Gasteiger partial charge in [0.15, 0.2) is 0 Å². The maximum Gasteiger partial charge on any atom is 0.123 e. The third-order valence-corrected chi connectivity index (χ3v) is 4.52. The van der Waals surface area contributed by atoms with Crippen LogP contribution in [-0.2, 0) is 0 Å². The van der Waals surface area contributed by atoms with Gasteiger partial charge in [-0.1, -0.05) is 32.8 Å². The predicted octanol–water partition coefficient (Wildman–Crippen LogP) is 4.77. The van der Waals surface area contributed by atoms with Crippen molar-refractivity contribution in [1.29, 1.82) is 0 Å².